The van der Waals surface area contributed by atoms with E-state index in [2.05, 4.69) is 38.7 Å². The smallest absolute Gasteiger partial charge is 0.244 e. The number of nitrogens with one attached hydrogen (secondary N) is 4. The Hall–Kier alpha value is -2.32. The number of nitrogens with zero attached hydrogens (tertiary/aromatic N) is 2. The Kier molecular flexibility index (Phi) is 5.45. The fourth-order valence-corrected chi connectivity index (χ4v) is 3.66. The van der Waals surface area contributed by atoms with E-state index >= 15 is 0 Å². The van der Waals surface area contributed by atoms with Crippen LogP contribution in [0.2, 0.25) is 5.02 Å². The molecule has 2 aliphatic heterocycles. The molecule has 4 N–H and O–H groups in total. The zero-order chi connectivity index (χ0) is 18.6. The van der Waals surface area contributed by atoms with Crippen molar-refractivity contribution in [2.45, 2.75) is 12.2 Å². The number of piperazine rings is 1. The van der Waals surface area contributed by atoms with Crippen molar-refractivity contribution in [1.82, 2.24) is 21.3 Å². The third kappa shape index (κ3) is 4.17. The number of hydrogen-bond donors (Lipinski definition) is 4. The van der Waals surface area contributed by atoms with Crippen LogP contribution >= 0.6 is 11.6 Å². The number of hydrogen-bond acceptors (Lipinski definition) is 6. The Bertz CT molecular complexity index is 781. The summed E-state index contributed by atoms with van der Waals surface area (Å²) in [5, 5.41) is 3.96. The molecule has 0 aromatic heterocycles. The molecule has 2 unspecified atom stereocenters. The van der Waals surface area contributed by atoms with E-state index in [9.17, 15) is 4.79 Å². The van der Waals surface area contributed by atoms with E-state index in [4.69, 9.17) is 11.6 Å². The highest BCUT2D eigenvalue weighted by Gasteiger charge is 2.36. The van der Waals surface area contributed by atoms with Crippen LogP contribution in [0.5, 0.6) is 0 Å². The quantitative estimate of drug-likeness (QED) is 0.637. The third-order valence-electron chi connectivity index (χ3n) is 4.91. The highest BCUT2D eigenvalue weighted by Crippen LogP contribution is 2.18. The number of halogens is 1. The highest BCUT2D eigenvalue weighted by molar-refractivity contribution is 6.30. The van der Waals surface area contributed by atoms with Gasteiger partial charge < -0.3 is 15.1 Å². The lowest BCUT2D eigenvalue weighted by Gasteiger charge is -2.37. The summed E-state index contributed by atoms with van der Waals surface area (Å²) in [6.45, 7) is 3.07. The van der Waals surface area contributed by atoms with Gasteiger partial charge in [0.2, 0.25) is 5.91 Å². The van der Waals surface area contributed by atoms with Crippen molar-refractivity contribution >= 4 is 28.9 Å². The van der Waals surface area contributed by atoms with Crippen molar-refractivity contribution in [3.63, 3.8) is 0 Å². The van der Waals surface area contributed by atoms with E-state index in [-0.39, 0.29) is 12.1 Å². The first-order valence-corrected chi connectivity index (χ1v) is 9.45. The third-order valence-corrected chi connectivity index (χ3v) is 5.15. The summed E-state index contributed by atoms with van der Waals surface area (Å²) in [6.07, 6.45) is -0.275. The van der Waals surface area contributed by atoms with Gasteiger partial charge in [-0.05, 0) is 30.3 Å². The van der Waals surface area contributed by atoms with Crippen LogP contribution in [0.1, 0.15) is 0 Å². The first-order valence-electron chi connectivity index (χ1n) is 9.08. The van der Waals surface area contributed by atoms with Gasteiger partial charge >= 0.3 is 0 Å². The number of hydrazine groups is 2. The second-order valence-electron chi connectivity index (χ2n) is 6.67. The van der Waals surface area contributed by atoms with E-state index in [1.54, 1.807) is 0 Å². The average molecular weight is 387 g/mol. The molecule has 2 saturated heterocycles. The minimum absolute atomic E-state index is 0.0692. The Morgan fingerprint density at radius 2 is 1.78 bits per heavy atom. The molecule has 0 aliphatic carbocycles. The zero-order valence-corrected chi connectivity index (χ0v) is 15.6. The van der Waals surface area contributed by atoms with Crippen molar-refractivity contribution in [2.24, 2.45) is 0 Å². The van der Waals surface area contributed by atoms with E-state index in [1.807, 2.05) is 47.4 Å². The average Bonchev–Trinajstić information content (AvgIpc) is 3.16. The number of carbonyl (C=O) groups excluding carboxylic acids is 1. The van der Waals surface area contributed by atoms with Crippen LogP contribution in [0.3, 0.4) is 0 Å². The molecule has 2 aliphatic rings. The fraction of sp³-hybridized carbons (Fsp3) is 0.316. The van der Waals surface area contributed by atoms with E-state index in [1.165, 1.54) is 5.69 Å². The number of benzene rings is 2. The molecular weight excluding hydrogens is 364 g/mol. The molecule has 0 saturated carbocycles. The molecule has 2 heterocycles. The Labute approximate surface area is 163 Å². The van der Waals surface area contributed by atoms with Crippen molar-refractivity contribution in [3.8, 4) is 0 Å². The first kappa shape index (κ1) is 18.1. The van der Waals surface area contributed by atoms with Crippen LogP contribution in [0.25, 0.3) is 0 Å². The predicted octanol–water partition coefficient (Wildman–Crippen LogP) is 1.41. The van der Waals surface area contributed by atoms with Gasteiger partial charge in [-0.2, -0.15) is 5.53 Å². The molecule has 2 aromatic carbocycles. The van der Waals surface area contributed by atoms with Crippen molar-refractivity contribution in [1.29, 1.82) is 0 Å². The number of carbonyl (C=O) groups is 1. The summed E-state index contributed by atoms with van der Waals surface area (Å²) in [7, 11) is 0. The lowest BCUT2D eigenvalue weighted by atomic mass is 10.1. The van der Waals surface area contributed by atoms with Gasteiger partial charge in [0.05, 0.1) is 0 Å². The maximum atomic E-state index is 13.0. The normalized spacial score (nSPS) is 22.7. The number of para-hydroxylation sites is 1. The molecule has 1 amide bonds. The lowest BCUT2D eigenvalue weighted by molar-refractivity contribution is -0.133. The van der Waals surface area contributed by atoms with Crippen LogP contribution in [-0.4, -0.2) is 49.2 Å². The van der Waals surface area contributed by atoms with Crippen molar-refractivity contribution in [3.05, 3.63) is 59.6 Å². The summed E-state index contributed by atoms with van der Waals surface area (Å²) in [6, 6.07) is 17.4. The van der Waals surface area contributed by atoms with Gasteiger partial charge in [-0.15, -0.1) is 0 Å². The van der Waals surface area contributed by atoms with Gasteiger partial charge in [0.15, 0.2) is 0 Å². The van der Waals surface area contributed by atoms with Gasteiger partial charge in [-0.3, -0.25) is 4.79 Å². The largest absolute Gasteiger partial charge is 0.368 e. The number of amides is 1. The van der Waals surface area contributed by atoms with Gasteiger partial charge in [0.25, 0.3) is 0 Å². The Morgan fingerprint density at radius 1 is 1.00 bits per heavy atom. The highest BCUT2D eigenvalue weighted by atomic mass is 35.5. The number of anilines is 2. The summed E-state index contributed by atoms with van der Waals surface area (Å²) < 4.78 is 0. The zero-order valence-electron chi connectivity index (χ0n) is 14.9. The molecule has 2 atom stereocenters. The second kappa shape index (κ2) is 8.14. The van der Waals surface area contributed by atoms with E-state index in [0.717, 1.165) is 18.8 Å². The SMILES string of the molecule is O=C(C1NNNC1Nc1cccc(Cl)c1)N1CCN(c2ccccc2)CC1. The summed E-state index contributed by atoms with van der Waals surface area (Å²) in [4.78, 5) is 17.2. The lowest BCUT2D eigenvalue weighted by Crippen LogP contribution is -2.57. The molecule has 2 aromatic rings. The van der Waals surface area contributed by atoms with Gasteiger partial charge in [0.1, 0.15) is 12.2 Å². The van der Waals surface area contributed by atoms with Gasteiger partial charge in [-0.1, -0.05) is 35.9 Å². The van der Waals surface area contributed by atoms with Crippen molar-refractivity contribution < 1.29 is 4.79 Å². The minimum atomic E-state index is -0.410. The molecule has 142 valence electrons. The molecule has 2 fully saturated rings. The summed E-state index contributed by atoms with van der Waals surface area (Å²) in [5.74, 6) is 0.0692. The fourth-order valence-electron chi connectivity index (χ4n) is 3.47. The van der Waals surface area contributed by atoms with Gasteiger partial charge in [0, 0.05) is 42.6 Å². The summed E-state index contributed by atoms with van der Waals surface area (Å²) in [5.41, 5.74) is 11.0. The van der Waals surface area contributed by atoms with Crippen LogP contribution in [-0.2, 0) is 4.79 Å². The van der Waals surface area contributed by atoms with E-state index < -0.39 is 6.04 Å². The maximum Gasteiger partial charge on any atom is 0.244 e. The van der Waals surface area contributed by atoms with Crippen LogP contribution < -0.4 is 26.6 Å². The molecule has 0 spiro atoms. The van der Waals surface area contributed by atoms with E-state index in [0.29, 0.717) is 18.1 Å². The maximum absolute atomic E-state index is 13.0. The molecule has 4 rings (SSSR count). The second-order valence-corrected chi connectivity index (χ2v) is 7.11. The Morgan fingerprint density at radius 3 is 2.52 bits per heavy atom. The molecule has 7 nitrogen and oxygen atoms in total. The first-order chi connectivity index (χ1) is 13.2. The Balaban J connectivity index is 1.36. The van der Waals surface area contributed by atoms with Gasteiger partial charge in [-0.25, -0.2) is 10.9 Å². The monoisotopic (exact) mass is 386 g/mol. The number of rotatable bonds is 4. The minimum Gasteiger partial charge on any atom is -0.368 e. The van der Waals surface area contributed by atoms with Crippen LogP contribution in [0.4, 0.5) is 11.4 Å². The molecule has 8 heteroatoms. The standard InChI is InChI=1S/C19H23ClN6O/c20-14-5-4-6-15(13-14)21-18-17(22-24-23-18)19(27)26-11-9-25(10-12-26)16-7-2-1-3-8-16/h1-8,13,17-18,21-24H,9-12H2. The van der Waals surface area contributed by atoms with Crippen LogP contribution in [0, 0.1) is 0 Å². The van der Waals surface area contributed by atoms with Crippen LogP contribution in [0.15, 0.2) is 54.6 Å². The molecular formula is C19H23ClN6O. The predicted molar refractivity (Wildman–Crippen MR) is 107 cm³/mol. The molecule has 0 bridgehead atoms. The molecule has 27 heavy (non-hydrogen) atoms. The topological polar surface area (TPSA) is 71.7 Å². The van der Waals surface area contributed by atoms with Crippen molar-refractivity contribution in [2.75, 3.05) is 36.4 Å². The summed E-state index contributed by atoms with van der Waals surface area (Å²) >= 11 is 6.04. The molecule has 0 radical (unpaired) electrons.